The highest BCUT2D eigenvalue weighted by atomic mass is 16.5. The highest BCUT2D eigenvalue weighted by Crippen LogP contribution is 2.39. The van der Waals surface area contributed by atoms with Gasteiger partial charge in [-0.15, -0.1) is 0 Å². The fourth-order valence-corrected chi connectivity index (χ4v) is 4.23. The van der Waals surface area contributed by atoms with Gasteiger partial charge in [0.15, 0.2) is 0 Å². The van der Waals surface area contributed by atoms with Crippen molar-refractivity contribution in [2.75, 3.05) is 30.1 Å². The van der Waals surface area contributed by atoms with Crippen molar-refractivity contribution in [1.82, 2.24) is 4.90 Å². The van der Waals surface area contributed by atoms with Gasteiger partial charge >= 0.3 is 17.8 Å². The van der Waals surface area contributed by atoms with Gasteiger partial charge in [-0.05, 0) is 42.0 Å². The molecule has 9 heteroatoms. The molecule has 0 aromatic heterocycles. The van der Waals surface area contributed by atoms with E-state index >= 15 is 0 Å². The largest absolute Gasteiger partial charge is 0.497 e. The Labute approximate surface area is 201 Å². The van der Waals surface area contributed by atoms with Crippen LogP contribution in [0.5, 0.6) is 11.5 Å². The second kappa shape index (κ2) is 8.94. The van der Waals surface area contributed by atoms with E-state index in [1.165, 1.54) is 24.1 Å². The summed E-state index contributed by atoms with van der Waals surface area (Å²) >= 11 is 0. The summed E-state index contributed by atoms with van der Waals surface area (Å²) in [5.41, 5.74) is 1.57. The van der Waals surface area contributed by atoms with E-state index in [-0.39, 0.29) is 12.3 Å². The number of amides is 5. The third kappa shape index (κ3) is 3.86. The lowest BCUT2D eigenvalue weighted by Crippen LogP contribution is -2.47. The topological polar surface area (TPSA) is 96.5 Å². The number of anilines is 2. The van der Waals surface area contributed by atoms with Crippen molar-refractivity contribution in [3.63, 3.8) is 0 Å². The normalized spacial score (nSPS) is 17.3. The van der Waals surface area contributed by atoms with Crippen molar-refractivity contribution in [2.45, 2.75) is 6.04 Å². The number of para-hydroxylation sites is 2. The van der Waals surface area contributed by atoms with Crippen LogP contribution in [0.4, 0.5) is 16.2 Å². The molecule has 35 heavy (non-hydrogen) atoms. The maximum absolute atomic E-state index is 13.6. The van der Waals surface area contributed by atoms with Gasteiger partial charge in [-0.2, -0.15) is 0 Å². The molecule has 0 N–H and O–H groups in total. The molecule has 1 unspecified atom stereocenters. The molecule has 3 aromatic rings. The van der Waals surface area contributed by atoms with E-state index in [0.29, 0.717) is 22.1 Å². The van der Waals surface area contributed by atoms with Gasteiger partial charge < -0.3 is 9.47 Å². The Hall–Kier alpha value is -4.66. The van der Waals surface area contributed by atoms with Gasteiger partial charge in [-0.3, -0.25) is 19.3 Å². The van der Waals surface area contributed by atoms with Gasteiger partial charge in [0.05, 0.1) is 24.5 Å². The number of carbonyl (C=O) groups excluding carboxylic acids is 4. The van der Waals surface area contributed by atoms with Crippen LogP contribution in [-0.4, -0.2) is 48.9 Å². The van der Waals surface area contributed by atoms with E-state index in [1.54, 1.807) is 36.4 Å². The van der Waals surface area contributed by atoms with E-state index in [9.17, 15) is 19.2 Å². The maximum atomic E-state index is 13.6. The first-order chi connectivity index (χ1) is 17.0. The number of imide groups is 2. The molecule has 5 rings (SSSR count). The molecule has 2 aliphatic rings. The molecule has 0 saturated carbocycles. The van der Waals surface area contributed by atoms with Crippen molar-refractivity contribution in [3.8, 4) is 11.5 Å². The number of urea groups is 1. The molecule has 2 aliphatic heterocycles. The predicted molar refractivity (Wildman–Crippen MR) is 126 cm³/mol. The number of hydrogen-bond donors (Lipinski definition) is 0. The molecule has 0 spiro atoms. The molecule has 0 radical (unpaired) electrons. The van der Waals surface area contributed by atoms with Crippen LogP contribution in [0.2, 0.25) is 0 Å². The van der Waals surface area contributed by atoms with Crippen LogP contribution in [0.1, 0.15) is 11.6 Å². The van der Waals surface area contributed by atoms with Crippen LogP contribution in [0.3, 0.4) is 0 Å². The van der Waals surface area contributed by atoms with E-state index in [4.69, 9.17) is 9.47 Å². The molecule has 2 heterocycles. The SMILES string of the molecule is COc1ccc(N2C(=O)C(=O)N(CC(=O)N3c4ccccc4OCC3c3ccccc3)C2=O)cc1. The molecule has 3 aromatic carbocycles. The lowest BCUT2D eigenvalue weighted by Gasteiger charge is -2.37. The summed E-state index contributed by atoms with van der Waals surface area (Å²) in [6, 6.07) is 21.2. The summed E-state index contributed by atoms with van der Waals surface area (Å²) in [5.74, 6) is -1.54. The van der Waals surface area contributed by atoms with Crippen molar-refractivity contribution >= 4 is 35.1 Å². The second-order valence-electron chi connectivity index (χ2n) is 7.98. The van der Waals surface area contributed by atoms with E-state index in [2.05, 4.69) is 0 Å². The Kier molecular flexibility index (Phi) is 5.66. The van der Waals surface area contributed by atoms with Crippen LogP contribution in [0.25, 0.3) is 0 Å². The van der Waals surface area contributed by atoms with Gasteiger partial charge in [-0.25, -0.2) is 14.6 Å². The van der Waals surface area contributed by atoms with Crippen molar-refractivity contribution in [2.24, 2.45) is 0 Å². The maximum Gasteiger partial charge on any atom is 0.339 e. The fourth-order valence-electron chi connectivity index (χ4n) is 4.23. The van der Waals surface area contributed by atoms with Crippen LogP contribution in [0, 0.1) is 0 Å². The Bertz CT molecular complexity index is 1310. The zero-order valence-corrected chi connectivity index (χ0v) is 18.8. The van der Waals surface area contributed by atoms with Crippen LogP contribution < -0.4 is 19.3 Å². The van der Waals surface area contributed by atoms with E-state index < -0.39 is 36.3 Å². The molecule has 1 fully saturated rings. The zero-order chi connectivity index (χ0) is 24.5. The molecule has 5 amide bonds. The molecular formula is C26H21N3O6. The number of carbonyl (C=O) groups is 4. The molecule has 9 nitrogen and oxygen atoms in total. The monoisotopic (exact) mass is 471 g/mol. The minimum Gasteiger partial charge on any atom is -0.497 e. The number of nitrogens with zero attached hydrogens (tertiary/aromatic N) is 3. The Morgan fingerprint density at radius 2 is 1.60 bits per heavy atom. The molecular weight excluding hydrogens is 450 g/mol. The third-order valence-corrected chi connectivity index (χ3v) is 5.96. The lowest BCUT2D eigenvalue weighted by atomic mass is 10.0. The summed E-state index contributed by atoms with van der Waals surface area (Å²) in [7, 11) is 1.49. The summed E-state index contributed by atoms with van der Waals surface area (Å²) < 4.78 is 11.0. The summed E-state index contributed by atoms with van der Waals surface area (Å²) in [6.07, 6.45) is 0. The van der Waals surface area contributed by atoms with Crippen LogP contribution in [0.15, 0.2) is 78.9 Å². The predicted octanol–water partition coefficient (Wildman–Crippen LogP) is 3.16. The minimum atomic E-state index is -1.06. The third-order valence-electron chi connectivity index (χ3n) is 5.96. The van der Waals surface area contributed by atoms with Gasteiger partial charge in [0.2, 0.25) is 5.91 Å². The van der Waals surface area contributed by atoms with Gasteiger partial charge in [0.1, 0.15) is 24.7 Å². The van der Waals surface area contributed by atoms with Crippen LogP contribution >= 0.6 is 0 Å². The number of methoxy groups -OCH3 is 1. The average molecular weight is 471 g/mol. The van der Waals surface area contributed by atoms with Crippen LogP contribution in [-0.2, 0) is 14.4 Å². The Balaban J connectivity index is 1.44. The highest BCUT2D eigenvalue weighted by Gasteiger charge is 2.47. The summed E-state index contributed by atoms with van der Waals surface area (Å²) in [5, 5.41) is 0. The van der Waals surface area contributed by atoms with E-state index in [0.717, 1.165) is 10.5 Å². The number of benzene rings is 3. The van der Waals surface area contributed by atoms with Gasteiger partial charge in [0, 0.05) is 0 Å². The first-order valence-electron chi connectivity index (χ1n) is 10.9. The number of rotatable bonds is 5. The zero-order valence-electron chi connectivity index (χ0n) is 18.8. The van der Waals surface area contributed by atoms with Crippen molar-refractivity contribution in [1.29, 1.82) is 0 Å². The first kappa shape index (κ1) is 22.1. The van der Waals surface area contributed by atoms with Crippen molar-refractivity contribution in [3.05, 3.63) is 84.4 Å². The standard InChI is InChI=1S/C26H21N3O6/c1-34-19-13-11-18(12-14-19)28-25(32)24(31)27(26(28)33)15-23(30)29-20-9-5-6-10-22(20)35-16-21(29)17-7-3-2-4-8-17/h2-14,21H,15-16H2,1H3. The molecule has 1 saturated heterocycles. The fraction of sp³-hybridized carbons (Fsp3) is 0.154. The van der Waals surface area contributed by atoms with Gasteiger partial charge in [-0.1, -0.05) is 42.5 Å². The molecule has 176 valence electrons. The molecule has 1 atom stereocenters. The lowest BCUT2D eigenvalue weighted by molar-refractivity contribution is -0.140. The molecule has 0 aliphatic carbocycles. The van der Waals surface area contributed by atoms with Crippen molar-refractivity contribution < 1.29 is 28.7 Å². The molecule has 0 bridgehead atoms. The number of fused-ring (bicyclic) bond motifs is 1. The minimum absolute atomic E-state index is 0.200. The highest BCUT2D eigenvalue weighted by molar-refractivity contribution is 6.53. The average Bonchev–Trinajstić information content (AvgIpc) is 3.11. The summed E-state index contributed by atoms with van der Waals surface area (Å²) in [4.78, 5) is 55.0. The Morgan fingerprint density at radius 3 is 2.31 bits per heavy atom. The van der Waals surface area contributed by atoms with E-state index in [1.807, 2.05) is 30.3 Å². The number of hydrogen-bond acceptors (Lipinski definition) is 6. The first-order valence-corrected chi connectivity index (χ1v) is 10.9. The quantitative estimate of drug-likeness (QED) is 0.419. The Morgan fingerprint density at radius 1 is 0.914 bits per heavy atom. The smallest absolute Gasteiger partial charge is 0.339 e. The summed E-state index contributed by atoms with van der Waals surface area (Å²) in [6.45, 7) is -0.390. The van der Waals surface area contributed by atoms with Gasteiger partial charge in [0.25, 0.3) is 0 Å². The number of ether oxygens (including phenoxy) is 2. The second-order valence-corrected chi connectivity index (χ2v) is 7.98.